The second-order valence-electron chi connectivity index (χ2n) is 5.71. The number of halogens is 3. The van der Waals surface area contributed by atoms with E-state index in [1.807, 2.05) is 0 Å². The lowest BCUT2D eigenvalue weighted by molar-refractivity contribution is -0.145. The Morgan fingerprint density at radius 3 is 2.64 bits per heavy atom. The van der Waals surface area contributed by atoms with Crippen LogP contribution in [-0.4, -0.2) is 19.5 Å². The van der Waals surface area contributed by atoms with Gasteiger partial charge in [-0.3, -0.25) is 9.36 Å². The van der Waals surface area contributed by atoms with Crippen LogP contribution in [0.2, 0.25) is 0 Å². The second kappa shape index (κ2) is 5.16. The van der Waals surface area contributed by atoms with Gasteiger partial charge in [0.05, 0.1) is 15.9 Å². The molecular formula is C16H11F3N4OS. The highest BCUT2D eigenvalue weighted by molar-refractivity contribution is 7.16. The molecule has 0 amide bonds. The van der Waals surface area contributed by atoms with E-state index in [4.69, 9.17) is 0 Å². The Morgan fingerprint density at radius 1 is 1.16 bits per heavy atom. The number of pyridine rings is 1. The van der Waals surface area contributed by atoms with Crippen molar-refractivity contribution in [3.05, 3.63) is 51.0 Å². The van der Waals surface area contributed by atoms with Gasteiger partial charge in [0, 0.05) is 5.69 Å². The van der Waals surface area contributed by atoms with Gasteiger partial charge in [-0.2, -0.15) is 13.2 Å². The number of rotatable bonds is 1. The van der Waals surface area contributed by atoms with E-state index in [0.717, 1.165) is 15.9 Å². The molecule has 0 aliphatic rings. The number of aryl methyl sites for hydroxylation is 2. The molecule has 3 aromatic heterocycles. The average Bonchev–Trinajstić information content (AvgIpc) is 3.06. The Hall–Kier alpha value is -2.68. The Bertz CT molecular complexity index is 1190. The van der Waals surface area contributed by atoms with Crippen LogP contribution in [0.25, 0.3) is 27.1 Å². The smallest absolute Gasteiger partial charge is 0.312 e. The lowest BCUT2D eigenvalue weighted by Crippen LogP contribution is -2.14. The summed E-state index contributed by atoms with van der Waals surface area (Å²) >= 11 is 0.953. The Morgan fingerprint density at radius 2 is 1.92 bits per heavy atom. The first-order valence-corrected chi connectivity index (χ1v) is 8.13. The molecule has 3 heterocycles. The molecule has 1 aromatic carbocycles. The van der Waals surface area contributed by atoms with Crippen molar-refractivity contribution < 1.29 is 13.2 Å². The number of nitrogens with zero attached hydrogens (tertiary/aromatic N) is 3. The summed E-state index contributed by atoms with van der Waals surface area (Å²) in [6, 6.07) is 6.27. The molecule has 5 nitrogen and oxygen atoms in total. The summed E-state index contributed by atoms with van der Waals surface area (Å²) in [5.41, 5.74) is 2.46. The first-order valence-electron chi connectivity index (χ1n) is 7.31. The first kappa shape index (κ1) is 15.8. The zero-order chi connectivity index (χ0) is 17.9. The van der Waals surface area contributed by atoms with E-state index in [1.54, 1.807) is 32.0 Å². The van der Waals surface area contributed by atoms with Crippen molar-refractivity contribution in [1.82, 2.24) is 19.5 Å². The topological polar surface area (TPSA) is 63.6 Å². The van der Waals surface area contributed by atoms with Crippen LogP contribution in [0.1, 0.15) is 17.1 Å². The van der Waals surface area contributed by atoms with E-state index in [-0.39, 0.29) is 21.7 Å². The summed E-state index contributed by atoms with van der Waals surface area (Å²) in [5.74, 6) is -1.04. The Balaban J connectivity index is 2.12. The van der Waals surface area contributed by atoms with Crippen LogP contribution in [-0.2, 0) is 6.18 Å². The fourth-order valence-electron chi connectivity index (χ4n) is 2.82. The number of imidazole rings is 1. The largest absolute Gasteiger partial charge is 0.450 e. The highest BCUT2D eigenvalue weighted by atomic mass is 32.1. The number of benzene rings is 1. The van der Waals surface area contributed by atoms with Gasteiger partial charge in [0.2, 0.25) is 5.82 Å². The van der Waals surface area contributed by atoms with Gasteiger partial charge in [-0.15, -0.1) is 0 Å². The summed E-state index contributed by atoms with van der Waals surface area (Å²) in [7, 11) is 0. The minimum absolute atomic E-state index is 0.133. The van der Waals surface area contributed by atoms with Crippen molar-refractivity contribution in [2.45, 2.75) is 20.0 Å². The number of aromatic nitrogens is 4. The number of H-pyrrole nitrogens is 1. The fourth-order valence-corrected chi connectivity index (χ4v) is 3.67. The quantitative estimate of drug-likeness (QED) is 0.556. The second-order valence-corrected chi connectivity index (χ2v) is 6.73. The molecule has 9 heteroatoms. The van der Waals surface area contributed by atoms with Crippen molar-refractivity contribution in [3.8, 4) is 5.69 Å². The van der Waals surface area contributed by atoms with Crippen LogP contribution in [0, 0.1) is 13.8 Å². The van der Waals surface area contributed by atoms with Crippen LogP contribution in [0.5, 0.6) is 0 Å². The molecule has 0 saturated carbocycles. The van der Waals surface area contributed by atoms with Crippen LogP contribution < -0.4 is 4.87 Å². The van der Waals surface area contributed by atoms with E-state index >= 15 is 0 Å². The maximum Gasteiger partial charge on any atom is 0.450 e. The van der Waals surface area contributed by atoms with Gasteiger partial charge < -0.3 is 4.98 Å². The SMILES string of the molecule is Cc1ccc2nc(C(F)(F)F)n(-c3cc(C)c4[nH]c(=O)sc4c3)c2n1. The van der Waals surface area contributed by atoms with Crippen LogP contribution >= 0.6 is 11.3 Å². The minimum atomic E-state index is -4.64. The number of nitrogens with one attached hydrogen (secondary N) is 1. The number of fused-ring (bicyclic) bond motifs is 2. The molecule has 4 aromatic rings. The first-order chi connectivity index (χ1) is 11.7. The van der Waals surface area contributed by atoms with Gasteiger partial charge in [-0.1, -0.05) is 11.3 Å². The number of thiazole rings is 1. The maximum atomic E-state index is 13.5. The van der Waals surface area contributed by atoms with Crippen molar-refractivity contribution >= 4 is 32.7 Å². The molecule has 0 atom stereocenters. The van der Waals surface area contributed by atoms with Gasteiger partial charge in [0.15, 0.2) is 5.65 Å². The number of hydrogen-bond acceptors (Lipinski definition) is 4. The molecule has 0 bridgehead atoms. The van der Waals surface area contributed by atoms with Gasteiger partial charge in [-0.25, -0.2) is 9.97 Å². The lowest BCUT2D eigenvalue weighted by Gasteiger charge is -2.12. The summed E-state index contributed by atoms with van der Waals surface area (Å²) in [6.07, 6.45) is -4.64. The normalized spacial score (nSPS) is 12.4. The van der Waals surface area contributed by atoms with Gasteiger partial charge in [0.1, 0.15) is 5.52 Å². The third kappa shape index (κ3) is 2.51. The number of alkyl halides is 3. The predicted octanol–water partition coefficient (Wildman–Crippen LogP) is 3.96. The molecule has 0 fully saturated rings. The Labute approximate surface area is 142 Å². The summed E-state index contributed by atoms with van der Waals surface area (Å²) in [4.78, 5) is 22.0. The van der Waals surface area contributed by atoms with Gasteiger partial charge in [0.25, 0.3) is 0 Å². The third-order valence-corrected chi connectivity index (χ3v) is 4.70. The molecular weight excluding hydrogens is 353 g/mol. The fraction of sp³-hybridized carbons (Fsp3) is 0.188. The molecule has 0 aliphatic carbocycles. The monoisotopic (exact) mass is 364 g/mol. The number of hydrogen-bond donors (Lipinski definition) is 1. The van der Waals surface area contributed by atoms with Crippen LogP contribution in [0.4, 0.5) is 13.2 Å². The summed E-state index contributed by atoms with van der Waals surface area (Å²) in [6.45, 7) is 3.44. The molecule has 1 N–H and O–H groups in total. The molecule has 128 valence electrons. The van der Waals surface area contributed by atoms with Crippen LogP contribution in [0.3, 0.4) is 0 Å². The molecule has 0 radical (unpaired) electrons. The molecule has 4 rings (SSSR count). The highest BCUT2D eigenvalue weighted by Crippen LogP contribution is 2.34. The number of aromatic amines is 1. The molecule has 0 unspecified atom stereocenters. The molecule has 0 saturated heterocycles. The zero-order valence-corrected chi connectivity index (χ0v) is 13.9. The minimum Gasteiger partial charge on any atom is -0.312 e. The van der Waals surface area contributed by atoms with E-state index in [9.17, 15) is 18.0 Å². The highest BCUT2D eigenvalue weighted by Gasteiger charge is 2.38. The predicted molar refractivity (Wildman–Crippen MR) is 89.3 cm³/mol. The van der Waals surface area contributed by atoms with E-state index in [1.165, 1.54) is 6.07 Å². The molecule has 0 spiro atoms. The van der Waals surface area contributed by atoms with E-state index < -0.39 is 12.0 Å². The molecule has 0 aliphatic heterocycles. The zero-order valence-electron chi connectivity index (χ0n) is 13.1. The van der Waals surface area contributed by atoms with E-state index in [2.05, 4.69) is 15.0 Å². The van der Waals surface area contributed by atoms with Crippen molar-refractivity contribution in [2.24, 2.45) is 0 Å². The van der Waals surface area contributed by atoms with Crippen molar-refractivity contribution in [1.29, 1.82) is 0 Å². The van der Waals surface area contributed by atoms with E-state index in [0.29, 0.717) is 21.5 Å². The Kier molecular flexibility index (Phi) is 3.26. The molecule has 25 heavy (non-hydrogen) atoms. The third-order valence-electron chi connectivity index (χ3n) is 3.87. The van der Waals surface area contributed by atoms with Gasteiger partial charge in [-0.05, 0) is 43.7 Å². The summed E-state index contributed by atoms with van der Waals surface area (Å²) < 4.78 is 42.2. The average molecular weight is 364 g/mol. The van der Waals surface area contributed by atoms with Crippen LogP contribution in [0.15, 0.2) is 29.1 Å². The van der Waals surface area contributed by atoms with Gasteiger partial charge >= 0.3 is 11.0 Å². The summed E-state index contributed by atoms with van der Waals surface area (Å²) in [5, 5.41) is 0. The van der Waals surface area contributed by atoms with Crippen molar-refractivity contribution in [3.63, 3.8) is 0 Å². The standard InChI is InChI=1S/C16H11F3N4OS/c1-7-5-9(6-11-12(7)22-15(24)25-11)23-13-10(4-3-8(2)20-13)21-14(23)16(17,18)19/h3-6H,1-2H3,(H,22,24). The van der Waals surface area contributed by atoms with Crippen molar-refractivity contribution in [2.75, 3.05) is 0 Å². The maximum absolute atomic E-state index is 13.5. The lowest BCUT2D eigenvalue weighted by atomic mass is 10.2.